The van der Waals surface area contributed by atoms with Crippen LogP contribution in [0, 0.1) is 17.2 Å². The lowest BCUT2D eigenvalue weighted by Crippen LogP contribution is -2.46. The average molecular weight is 194 g/mol. The molecule has 1 aliphatic rings. The number of nitrogens with zero attached hydrogens (tertiary/aromatic N) is 2. The van der Waals surface area contributed by atoms with Gasteiger partial charge in [0.25, 0.3) is 0 Å². The molecule has 3 atom stereocenters. The van der Waals surface area contributed by atoms with E-state index in [-0.39, 0.29) is 6.04 Å². The molecule has 0 aliphatic carbocycles. The van der Waals surface area contributed by atoms with Gasteiger partial charge in [0.1, 0.15) is 0 Å². The van der Waals surface area contributed by atoms with E-state index >= 15 is 0 Å². The lowest BCUT2D eigenvalue weighted by Gasteiger charge is -2.38. The highest BCUT2D eigenvalue weighted by Crippen LogP contribution is 2.23. The van der Waals surface area contributed by atoms with E-state index in [4.69, 9.17) is 5.26 Å². The average Bonchev–Trinajstić information content (AvgIpc) is 2.26. The quantitative estimate of drug-likeness (QED) is 0.690. The number of rotatable bonds is 3. The SMILES string of the molecule is CCC(C)C(C)N1CCCCC1C#N. The second-order valence-electron chi connectivity index (χ2n) is 4.50. The molecule has 0 spiro atoms. The Kier molecular flexibility index (Phi) is 4.41. The van der Waals surface area contributed by atoms with Crippen LogP contribution in [-0.2, 0) is 0 Å². The van der Waals surface area contributed by atoms with Crippen LogP contribution in [0.25, 0.3) is 0 Å². The summed E-state index contributed by atoms with van der Waals surface area (Å²) in [7, 11) is 0. The molecule has 0 N–H and O–H groups in total. The van der Waals surface area contributed by atoms with Crippen LogP contribution in [0.4, 0.5) is 0 Å². The molecule has 2 heteroatoms. The zero-order chi connectivity index (χ0) is 10.6. The monoisotopic (exact) mass is 194 g/mol. The van der Waals surface area contributed by atoms with Crippen molar-refractivity contribution < 1.29 is 0 Å². The van der Waals surface area contributed by atoms with Crippen molar-refractivity contribution in [3.8, 4) is 6.07 Å². The van der Waals surface area contributed by atoms with Gasteiger partial charge >= 0.3 is 0 Å². The van der Waals surface area contributed by atoms with Crippen LogP contribution in [0.15, 0.2) is 0 Å². The highest BCUT2D eigenvalue weighted by molar-refractivity contribution is 4.96. The number of piperidine rings is 1. The molecule has 0 aromatic heterocycles. The van der Waals surface area contributed by atoms with Crippen LogP contribution in [-0.4, -0.2) is 23.5 Å². The topological polar surface area (TPSA) is 27.0 Å². The second kappa shape index (κ2) is 5.36. The van der Waals surface area contributed by atoms with Gasteiger partial charge in [-0.2, -0.15) is 5.26 Å². The maximum absolute atomic E-state index is 9.07. The third-order valence-corrected chi connectivity index (χ3v) is 3.68. The summed E-state index contributed by atoms with van der Waals surface area (Å²) in [4.78, 5) is 2.40. The predicted molar refractivity (Wildman–Crippen MR) is 58.9 cm³/mol. The molecule has 1 heterocycles. The largest absolute Gasteiger partial charge is 0.285 e. The molecular weight excluding hydrogens is 172 g/mol. The molecule has 3 unspecified atom stereocenters. The molecule has 1 rings (SSSR count). The summed E-state index contributed by atoms with van der Waals surface area (Å²) in [5.74, 6) is 0.698. The maximum Gasteiger partial charge on any atom is 0.0980 e. The van der Waals surface area contributed by atoms with E-state index in [1.165, 1.54) is 19.3 Å². The van der Waals surface area contributed by atoms with Gasteiger partial charge in [0.05, 0.1) is 12.1 Å². The molecule has 0 aromatic rings. The summed E-state index contributed by atoms with van der Waals surface area (Å²) >= 11 is 0. The molecule has 0 amide bonds. The molecule has 0 bridgehead atoms. The molecule has 0 saturated carbocycles. The van der Waals surface area contributed by atoms with Crippen LogP contribution in [0.5, 0.6) is 0 Å². The standard InChI is InChI=1S/C12H22N2/c1-4-10(2)11(3)14-8-6-5-7-12(14)9-13/h10-12H,4-8H2,1-3H3. The molecule has 0 aromatic carbocycles. The van der Waals surface area contributed by atoms with Crippen molar-refractivity contribution >= 4 is 0 Å². The molecule has 80 valence electrons. The third-order valence-electron chi connectivity index (χ3n) is 3.68. The number of nitriles is 1. The Balaban J connectivity index is 2.59. The minimum atomic E-state index is 0.174. The summed E-state index contributed by atoms with van der Waals surface area (Å²) in [6, 6.07) is 3.17. The molecular formula is C12H22N2. The first-order chi connectivity index (χ1) is 6.70. The summed E-state index contributed by atoms with van der Waals surface area (Å²) in [6.45, 7) is 7.90. The lowest BCUT2D eigenvalue weighted by atomic mass is 9.94. The highest BCUT2D eigenvalue weighted by atomic mass is 15.2. The number of hydrogen-bond acceptors (Lipinski definition) is 2. The van der Waals surface area contributed by atoms with E-state index in [2.05, 4.69) is 31.7 Å². The van der Waals surface area contributed by atoms with Crippen molar-refractivity contribution in [2.45, 2.75) is 58.5 Å². The van der Waals surface area contributed by atoms with Crippen molar-refractivity contribution in [3.05, 3.63) is 0 Å². The first-order valence-electron chi connectivity index (χ1n) is 5.86. The first-order valence-corrected chi connectivity index (χ1v) is 5.86. The Morgan fingerprint density at radius 2 is 2.14 bits per heavy atom. The van der Waals surface area contributed by atoms with E-state index in [9.17, 15) is 0 Å². The summed E-state index contributed by atoms with van der Waals surface area (Å²) in [5.41, 5.74) is 0. The van der Waals surface area contributed by atoms with Crippen molar-refractivity contribution in [3.63, 3.8) is 0 Å². The van der Waals surface area contributed by atoms with Crippen molar-refractivity contribution in [2.75, 3.05) is 6.54 Å². The molecule has 0 radical (unpaired) electrons. The Morgan fingerprint density at radius 1 is 1.43 bits per heavy atom. The Morgan fingerprint density at radius 3 is 2.71 bits per heavy atom. The third kappa shape index (κ3) is 2.48. The van der Waals surface area contributed by atoms with E-state index in [0.717, 1.165) is 13.0 Å². The fourth-order valence-electron chi connectivity index (χ4n) is 2.25. The van der Waals surface area contributed by atoms with Crippen LogP contribution in [0.3, 0.4) is 0 Å². The van der Waals surface area contributed by atoms with E-state index in [1.54, 1.807) is 0 Å². The van der Waals surface area contributed by atoms with Gasteiger partial charge in [-0.3, -0.25) is 4.90 Å². The minimum absolute atomic E-state index is 0.174. The fourth-order valence-corrected chi connectivity index (χ4v) is 2.25. The zero-order valence-electron chi connectivity index (χ0n) is 9.66. The van der Waals surface area contributed by atoms with Gasteiger partial charge in [0, 0.05) is 6.04 Å². The van der Waals surface area contributed by atoms with E-state index in [0.29, 0.717) is 12.0 Å². The van der Waals surface area contributed by atoms with E-state index < -0.39 is 0 Å². The van der Waals surface area contributed by atoms with Gasteiger partial charge < -0.3 is 0 Å². The Labute approximate surface area is 87.9 Å². The summed E-state index contributed by atoms with van der Waals surface area (Å²) in [5, 5.41) is 9.07. The van der Waals surface area contributed by atoms with Crippen LogP contribution < -0.4 is 0 Å². The summed E-state index contributed by atoms with van der Waals surface area (Å²) in [6.07, 6.45) is 4.76. The van der Waals surface area contributed by atoms with Crippen LogP contribution >= 0.6 is 0 Å². The maximum atomic E-state index is 9.07. The highest BCUT2D eigenvalue weighted by Gasteiger charge is 2.28. The van der Waals surface area contributed by atoms with Crippen molar-refractivity contribution in [1.82, 2.24) is 4.90 Å². The van der Waals surface area contributed by atoms with Crippen molar-refractivity contribution in [1.29, 1.82) is 5.26 Å². The van der Waals surface area contributed by atoms with Crippen LogP contribution in [0.1, 0.15) is 46.5 Å². The Bertz CT molecular complexity index is 207. The first kappa shape index (κ1) is 11.5. The van der Waals surface area contributed by atoms with Gasteiger partial charge in [-0.15, -0.1) is 0 Å². The molecule has 1 aliphatic heterocycles. The number of likely N-dealkylation sites (tertiary alicyclic amines) is 1. The van der Waals surface area contributed by atoms with Crippen LogP contribution in [0.2, 0.25) is 0 Å². The summed E-state index contributed by atoms with van der Waals surface area (Å²) < 4.78 is 0. The Hall–Kier alpha value is -0.550. The minimum Gasteiger partial charge on any atom is -0.285 e. The molecule has 14 heavy (non-hydrogen) atoms. The van der Waals surface area contributed by atoms with E-state index in [1.807, 2.05) is 0 Å². The van der Waals surface area contributed by atoms with Gasteiger partial charge in [0.15, 0.2) is 0 Å². The van der Waals surface area contributed by atoms with Gasteiger partial charge in [0.2, 0.25) is 0 Å². The van der Waals surface area contributed by atoms with Gasteiger partial charge in [-0.1, -0.05) is 20.3 Å². The molecule has 1 saturated heterocycles. The smallest absolute Gasteiger partial charge is 0.0980 e. The van der Waals surface area contributed by atoms with Gasteiger partial charge in [-0.25, -0.2) is 0 Å². The predicted octanol–water partition coefficient (Wildman–Crippen LogP) is 2.80. The normalized spacial score (nSPS) is 28.0. The van der Waals surface area contributed by atoms with Gasteiger partial charge in [-0.05, 0) is 38.6 Å². The molecule has 1 fully saturated rings. The zero-order valence-corrected chi connectivity index (χ0v) is 9.66. The number of hydrogen-bond donors (Lipinski definition) is 0. The fraction of sp³-hybridized carbons (Fsp3) is 0.917. The molecule has 2 nitrogen and oxygen atoms in total. The second-order valence-corrected chi connectivity index (χ2v) is 4.50. The lowest BCUT2D eigenvalue weighted by molar-refractivity contribution is 0.100. The van der Waals surface area contributed by atoms with Crippen molar-refractivity contribution in [2.24, 2.45) is 5.92 Å².